The number of carbonyl (C=O) groups excluding carboxylic acids is 1. The average Bonchev–Trinajstić information content (AvgIpc) is 2.11. The van der Waals surface area contributed by atoms with Crippen molar-refractivity contribution in [1.29, 1.82) is 0 Å². The SMILES string of the molecule is NC[C@@H](C(N)=O)c1ccc(Cl)c(Cl)c1. The monoisotopic (exact) mass is 232 g/mol. The Hall–Kier alpha value is -0.770. The lowest BCUT2D eigenvalue weighted by Crippen LogP contribution is -2.27. The van der Waals surface area contributed by atoms with Crippen molar-refractivity contribution in [3.05, 3.63) is 33.8 Å². The van der Waals surface area contributed by atoms with Crippen LogP contribution < -0.4 is 11.5 Å². The first-order valence-electron chi connectivity index (χ1n) is 4.00. The zero-order valence-electron chi connectivity index (χ0n) is 7.34. The molecule has 3 nitrogen and oxygen atoms in total. The van der Waals surface area contributed by atoms with E-state index >= 15 is 0 Å². The topological polar surface area (TPSA) is 69.1 Å². The summed E-state index contributed by atoms with van der Waals surface area (Å²) in [6.45, 7) is 0.160. The van der Waals surface area contributed by atoms with Crippen molar-refractivity contribution in [2.24, 2.45) is 11.5 Å². The van der Waals surface area contributed by atoms with Gasteiger partial charge < -0.3 is 11.5 Å². The Morgan fingerprint density at radius 3 is 2.43 bits per heavy atom. The summed E-state index contributed by atoms with van der Waals surface area (Å²) in [4.78, 5) is 11.0. The van der Waals surface area contributed by atoms with E-state index in [0.717, 1.165) is 0 Å². The van der Waals surface area contributed by atoms with E-state index in [1.807, 2.05) is 0 Å². The highest BCUT2D eigenvalue weighted by molar-refractivity contribution is 6.42. The van der Waals surface area contributed by atoms with Crippen molar-refractivity contribution in [3.63, 3.8) is 0 Å². The van der Waals surface area contributed by atoms with Crippen molar-refractivity contribution in [3.8, 4) is 0 Å². The molecule has 0 heterocycles. The fraction of sp³-hybridized carbons (Fsp3) is 0.222. The Morgan fingerprint density at radius 2 is 2.00 bits per heavy atom. The molecule has 1 aromatic carbocycles. The molecule has 0 aliphatic heterocycles. The molecular weight excluding hydrogens is 223 g/mol. The highest BCUT2D eigenvalue weighted by atomic mass is 35.5. The van der Waals surface area contributed by atoms with Gasteiger partial charge in [-0.1, -0.05) is 29.3 Å². The van der Waals surface area contributed by atoms with E-state index in [-0.39, 0.29) is 6.54 Å². The van der Waals surface area contributed by atoms with Gasteiger partial charge in [-0.2, -0.15) is 0 Å². The number of hydrogen-bond acceptors (Lipinski definition) is 2. The fourth-order valence-electron chi connectivity index (χ4n) is 1.15. The molecule has 1 rings (SSSR count). The predicted octanol–water partition coefficient (Wildman–Crippen LogP) is 1.52. The van der Waals surface area contributed by atoms with Crippen LogP contribution in [0.5, 0.6) is 0 Å². The molecule has 1 atom stereocenters. The molecule has 0 saturated carbocycles. The minimum Gasteiger partial charge on any atom is -0.369 e. The lowest BCUT2D eigenvalue weighted by Gasteiger charge is -2.11. The number of halogens is 2. The first-order chi connectivity index (χ1) is 6.56. The zero-order valence-corrected chi connectivity index (χ0v) is 8.85. The number of primary amides is 1. The van der Waals surface area contributed by atoms with E-state index in [4.69, 9.17) is 34.7 Å². The summed E-state index contributed by atoms with van der Waals surface area (Å²) in [5, 5.41) is 0.833. The molecule has 14 heavy (non-hydrogen) atoms. The molecule has 0 fully saturated rings. The van der Waals surface area contributed by atoms with Gasteiger partial charge in [-0.3, -0.25) is 4.79 Å². The van der Waals surface area contributed by atoms with Crippen molar-refractivity contribution < 1.29 is 4.79 Å². The third-order valence-corrected chi connectivity index (χ3v) is 2.66. The number of hydrogen-bond donors (Lipinski definition) is 2. The van der Waals surface area contributed by atoms with Gasteiger partial charge in [0.2, 0.25) is 5.91 Å². The van der Waals surface area contributed by atoms with Crippen LogP contribution in [0.3, 0.4) is 0 Å². The van der Waals surface area contributed by atoms with Gasteiger partial charge in [-0.15, -0.1) is 0 Å². The van der Waals surface area contributed by atoms with Crippen LogP contribution in [0.2, 0.25) is 10.0 Å². The van der Waals surface area contributed by atoms with Crippen LogP contribution in [-0.2, 0) is 4.79 Å². The van der Waals surface area contributed by atoms with E-state index in [1.54, 1.807) is 18.2 Å². The second-order valence-corrected chi connectivity index (χ2v) is 3.68. The fourth-order valence-corrected chi connectivity index (χ4v) is 1.45. The second-order valence-electron chi connectivity index (χ2n) is 2.86. The Labute approximate surface area is 92.0 Å². The van der Waals surface area contributed by atoms with Gasteiger partial charge in [0.1, 0.15) is 0 Å². The quantitative estimate of drug-likeness (QED) is 0.830. The van der Waals surface area contributed by atoms with E-state index in [2.05, 4.69) is 0 Å². The van der Waals surface area contributed by atoms with Crippen LogP contribution in [0.25, 0.3) is 0 Å². The molecule has 4 N–H and O–H groups in total. The molecular formula is C9H10Cl2N2O. The third kappa shape index (κ3) is 2.38. The van der Waals surface area contributed by atoms with Crippen molar-refractivity contribution in [2.75, 3.05) is 6.54 Å². The zero-order chi connectivity index (χ0) is 10.7. The van der Waals surface area contributed by atoms with Crippen LogP contribution in [0.4, 0.5) is 0 Å². The molecule has 1 aromatic rings. The summed E-state index contributed by atoms with van der Waals surface area (Å²) in [6, 6.07) is 4.91. The number of amides is 1. The second kappa shape index (κ2) is 4.64. The lowest BCUT2D eigenvalue weighted by atomic mass is 9.99. The van der Waals surface area contributed by atoms with Crippen molar-refractivity contribution in [2.45, 2.75) is 5.92 Å². The molecule has 76 valence electrons. The van der Waals surface area contributed by atoms with Crippen LogP contribution in [-0.4, -0.2) is 12.5 Å². The summed E-state index contributed by atoms with van der Waals surface area (Å²) in [5.41, 5.74) is 11.3. The summed E-state index contributed by atoms with van der Waals surface area (Å²) in [5.74, 6) is -0.976. The number of carbonyl (C=O) groups is 1. The van der Waals surface area contributed by atoms with Gasteiger partial charge in [0.05, 0.1) is 16.0 Å². The Kier molecular flexibility index (Phi) is 3.75. The van der Waals surface area contributed by atoms with Gasteiger partial charge in [0.25, 0.3) is 0 Å². The summed E-state index contributed by atoms with van der Waals surface area (Å²) >= 11 is 11.5. The van der Waals surface area contributed by atoms with Gasteiger partial charge in [-0.25, -0.2) is 0 Å². The summed E-state index contributed by atoms with van der Waals surface area (Å²) in [6.07, 6.45) is 0. The maximum absolute atomic E-state index is 11.0. The molecule has 0 radical (unpaired) electrons. The molecule has 5 heteroatoms. The van der Waals surface area contributed by atoms with Gasteiger partial charge >= 0.3 is 0 Å². The van der Waals surface area contributed by atoms with Crippen LogP contribution in [0.1, 0.15) is 11.5 Å². The Morgan fingerprint density at radius 1 is 1.36 bits per heavy atom. The normalized spacial score (nSPS) is 12.5. The molecule has 0 aromatic heterocycles. The number of benzene rings is 1. The Balaban J connectivity index is 3.06. The van der Waals surface area contributed by atoms with Gasteiger partial charge in [0, 0.05) is 6.54 Å². The first-order valence-corrected chi connectivity index (χ1v) is 4.76. The molecule has 0 unspecified atom stereocenters. The van der Waals surface area contributed by atoms with E-state index in [0.29, 0.717) is 15.6 Å². The van der Waals surface area contributed by atoms with Crippen molar-refractivity contribution >= 4 is 29.1 Å². The minimum atomic E-state index is -0.509. The van der Waals surface area contributed by atoms with Crippen LogP contribution >= 0.6 is 23.2 Å². The van der Waals surface area contributed by atoms with Crippen LogP contribution in [0, 0.1) is 0 Å². The standard InChI is InChI=1S/C9H10Cl2N2O/c10-7-2-1-5(3-8(7)11)6(4-12)9(13)14/h1-3,6H,4,12H2,(H2,13,14)/t6-/m1/s1. The maximum atomic E-state index is 11.0. The number of rotatable bonds is 3. The lowest BCUT2D eigenvalue weighted by molar-refractivity contribution is -0.119. The largest absolute Gasteiger partial charge is 0.369 e. The average molecular weight is 233 g/mol. The highest BCUT2D eigenvalue weighted by Crippen LogP contribution is 2.26. The maximum Gasteiger partial charge on any atom is 0.226 e. The molecule has 0 aliphatic carbocycles. The highest BCUT2D eigenvalue weighted by Gasteiger charge is 2.16. The third-order valence-electron chi connectivity index (χ3n) is 1.93. The van der Waals surface area contributed by atoms with Gasteiger partial charge in [0.15, 0.2) is 0 Å². The molecule has 0 aliphatic rings. The summed E-state index contributed by atoms with van der Waals surface area (Å²) in [7, 11) is 0. The minimum absolute atomic E-state index is 0.160. The number of nitrogens with two attached hydrogens (primary N) is 2. The van der Waals surface area contributed by atoms with Gasteiger partial charge in [-0.05, 0) is 17.7 Å². The summed E-state index contributed by atoms with van der Waals surface area (Å²) < 4.78 is 0. The molecule has 0 saturated heterocycles. The van der Waals surface area contributed by atoms with E-state index < -0.39 is 11.8 Å². The molecule has 0 bridgehead atoms. The molecule has 1 amide bonds. The molecule has 0 spiro atoms. The van der Waals surface area contributed by atoms with E-state index in [9.17, 15) is 4.79 Å². The van der Waals surface area contributed by atoms with Crippen LogP contribution in [0.15, 0.2) is 18.2 Å². The van der Waals surface area contributed by atoms with E-state index in [1.165, 1.54) is 0 Å². The smallest absolute Gasteiger partial charge is 0.226 e. The first kappa shape index (κ1) is 11.3. The van der Waals surface area contributed by atoms with Crippen molar-refractivity contribution in [1.82, 2.24) is 0 Å². The Bertz CT molecular complexity index is 355. The predicted molar refractivity (Wildman–Crippen MR) is 57.5 cm³/mol.